The maximum absolute atomic E-state index is 12.2. The number of nitrogens with two attached hydrogens (primary N) is 1. The molecule has 15 heavy (non-hydrogen) atoms. The molecule has 0 aromatic rings. The highest BCUT2D eigenvalue weighted by molar-refractivity contribution is 5.79. The molecule has 0 radical (unpaired) electrons. The second kappa shape index (κ2) is 4.52. The monoisotopic (exact) mass is 210 g/mol. The van der Waals surface area contributed by atoms with E-state index in [9.17, 15) is 4.79 Å². The molecule has 0 spiro atoms. The number of likely N-dealkylation sites (tertiary alicyclic amines) is 1. The normalized spacial score (nSPS) is 36.9. The highest BCUT2D eigenvalue weighted by atomic mass is 16.2. The van der Waals surface area contributed by atoms with Crippen LogP contribution in [0.1, 0.15) is 39.0 Å². The SMILES string of the molecule is CC1CCN(C(=O)C2CCCC(N)C2)C1. The maximum atomic E-state index is 12.2. The molecule has 1 aliphatic heterocycles. The summed E-state index contributed by atoms with van der Waals surface area (Å²) in [4.78, 5) is 14.2. The summed E-state index contributed by atoms with van der Waals surface area (Å²) in [5.74, 6) is 1.28. The summed E-state index contributed by atoms with van der Waals surface area (Å²) in [5.41, 5.74) is 5.92. The highest BCUT2D eigenvalue weighted by Crippen LogP contribution is 2.27. The summed E-state index contributed by atoms with van der Waals surface area (Å²) in [6, 6.07) is 0.257. The van der Waals surface area contributed by atoms with Crippen molar-refractivity contribution in [2.75, 3.05) is 13.1 Å². The van der Waals surface area contributed by atoms with Gasteiger partial charge in [-0.05, 0) is 31.6 Å². The molecule has 1 heterocycles. The first-order valence-electron chi connectivity index (χ1n) is 6.21. The van der Waals surface area contributed by atoms with Gasteiger partial charge in [0.1, 0.15) is 0 Å². The Morgan fingerprint density at radius 3 is 2.73 bits per heavy atom. The molecule has 0 bridgehead atoms. The van der Waals surface area contributed by atoms with Crippen molar-refractivity contribution in [3.8, 4) is 0 Å². The molecule has 3 unspecified atom stereocenters. The zero-order valence-electron chi connectivity index (χ0n) is 9.61. The number of nitrogens with zero attached hydrogens (tertiary/aromatic N) is 1. The van der Waals surface area contributed by atoms with Crippen molar-refractivity contribution in [1.29, 1.82) is 0 Å². The van der Waals surface area contributed by atoms with Crippen molar-refractivity contribution >= 4 is 5.91 Å². The zero-order valence-corrected chi connectivity index (χ0v) is 9.61. The summed E-state index contributed by atoms with van der Waals surface area (Å²) >= 11 is 0. The van der Waals surface area contributed by atoms with Gasteiger partial charge in [-0.15, -0.1) is 0 Å². The van der Waals surface area contributed by atoms with Crippen molar-refractivity contribution in [2.45, 2.75) is 45.1 Å². The first kappa shape index (κ1) is 10.9. The third-order valence-corrected chi connectivity index (χ3v) is 3.80. The number of amides is 1. The smallest absolute Gasteiger partial charge is 0.225 e. The van der Waals surface area contributed by atoms with Crippen LogP contribution in [-0.4, -0.2) is 29.9 Å². The van der Waals surface area contributed by atoms with Gasteiger partial charge in [0.05, 0.1) is 0 Å². The van der Waals surface area contributed by atoms with Crippen LogP contribution in [0.4, 0.5) is 0 Å². The Morgan fingerprint density at radius 2 is 2.13 bits per heavy atom. The average Bonchev–Trinajstić information content (AvgIpc) is 2.64. The van der Waals surface area contributed by atoms with E-state index in [1.54, 1.807) is 0 Å². The average molecular weight is 210 g/mol. The molecular weight excluding hydrogens is 188 g/mol. The predicted molar refractivity (Wildman–Crippen MR) is 60.3 cm³/mol. The summed E-state index contributed by atoms with van der Waals surface area (Å²) in [6.45, 7) is 4.15. The van der Waals surface area contributed by atoms with Crippen LogP contribution in [-0.2, 0) is 4.79 Å². The van der Waals surface area contributed by atoms with Crippen LogP contribution < -0.4 is 5.73 Å². The van der Waals surface area contributed by atoms with Gasteiger partial charge in [0.2, 0.25) is 5.91 Å². The second-order valence-corrected chi connectivity index (χ2v) is 5.30. The van der Waals surface area contributed by atoms with E-state index in [0.717, 1.165) is 38.8 Å². The summed E-state index contributed by atoms with van der Waals surface area (Å²) < 4.78 is 0. The van der Waals surface area contributed by atoms with Gasteiger partial charge in [-0.25, -0.2) is 0 Å². The molecule has 2 rings (SSSR count). The lowest BCUT2D eigenvalue weighted by molar-refractivity contribution is -0.135. The Morgan fingerprint density at radius 1 is 1.33 bits per heavy atom. The minimum Gasteiger partial charge on any atom is -0.342 e. The van der Waals surface area contributed by atoms with Crippen molar-refractivity contribution in [2.24, 2.45) is 17.6 Å². The van der Waals surface area contributed by atoms with E-state index in [1.165, 1.54) is 6.42 Å². The summed E-state index contributed by atoms with van der Waals surface area (Å²) in [5, 5.41) is 0. The largest absolute Gasteiger partial charge is 0.342 e. The van der Waals surface area contributed by atoms with Crippen molar-refractivity contribution in [3.63, 3.8) is 0 Å². The third kappa shape index (κ3) is 2.51. The zero-order chi connectivity index (χ0) is 10.8. The van der Waals surface area contributed by atoms with E-state index in [2.05, 4.69) is 6.92 Å². The highest BCUT2D eigenvalue weighted by Gasteiger charge is 2.31. The van der Waals surface area contributed by atoms with E-state index in [1.807, 2.05) is 4.90 Å². The molecule has 1 amide bonds. The lowest BCUT2D eigenvalue weighted by Crippen LogP contribution is -2.39. The van der Waals surface area contributed by atoms with E-state index < -0.39 is 0 Å². The molecule has 1 saturated heterocycles. The fourth-order valence-corrected chi connectivity index (χ4v) is 2.85. The molecule has 0 aromatic heterocycles. The Bertz CT molecular complexity index is 242. The second-order valence-electron chi connectivity index (χ2n) is 5.30. The van der Waals surface area contributed by atoms with Gasteiger partial charge >= 0.3 is 0 Å². The number of hydrogen-bond donors (Lipinski definition) is 1. The molecule has 1 saturated carbocycles. The van der Waals surface area contributed by atoms with Gasteiger partial charge in [-0.3, -0.25) is 4.79 Å². The van der Waals surface area contributed by atoms with Crippen LogP contribution >= 0.6 is 0 Å². The fraction of sp³-hybridized carbons (Fsp3) is 0.917. The van der Waals surface area contributed by atoms with Crippen LogP contribution in [0, 0.1) is 11.8 Å². The summed E-state index contributed by atoms with van der Waals surface area (Å²) in [6.07, 6.45) is 5.35. The van der Waals surface area contributed by atoms with Gasteiger partial charge in [0, 0.05) is 25.0 Å². The molecule has 0 aromatic carbocycles. The Balaban J connectivity index is 1.89. The van der Waals surface area contributed by atoms with Crippen LogP contribution in [0.5, 0.6) is 0 Å². The maximum Gasteiger partial charge on any atom is 0.225 e. The minimum atomic E-state index is 0.221. The molecule has 2 fully saturated rings. The molecular formula is C12H22N2O. The molecule has 3 nitrogen and oxygen atoms in total. The minimum absolute atomic E-state index is 0.221. The van der Waals surface area contributed by atoms with E-state index in [4.69, 9.17) is 5.73 Å². The number of carbonyl (C=O) groups excluding carboxylic acids is 1. The lowest BCUT2D eigenvalue weighted by Gasteiger charge is -2.29. The predicted octanol–water partition coefficient (Wildman–Crippen LogP) is 1.37. The standard InChI is InChI=1S/C12H22N2O/c1-9-5-6-14(8-9)12(15)10-3-2-4-11(13)7-10/h9-11H,2-8,13H2,1H3. The van der Waals surface area contributed by atoms with E-state index >= 15 is 0 Å². The first-order chi connectivity index (χ1) is 7.16. The Labute approximate surface area is 92.0 Å². The molecule has 1 aliphatic carbocycles. The number of hydrogen-bond acceptors (Lipinski definition) is 2. The van der Waals surface area contributed by atoms with Gasteiger partial charge in [0.15, 0.2) is 0 Å². The molecule has 3 heteroatoms. The number of rotatable bonds is 1. The van der Waals surface area contributed by atoms with Crippen LogP contribution in [0.25, 0.3) is 0 Å². The summed E-state index contributed by atoms with van der Waals surface area (Å²) in [7, 11) is 0. The lowest BCUT2D eigenvalue weighted by atomic mass is 9.85. The topological polar surface area (TPSA) is 46.3 Å². The Kier molecular flexibility index (Phi) is 3.29. The van der Waals surface area contributed by atoms with Gasteiger partial charge < -0.3 is 10.6 Å². The molecule has 2 aliphatic rings. The van der Waals surface area contributed by atoms with E-state index in [-0.39, 0.29) is 12.0 Å². The van der Waals surface area contributed by atoms with Gasteiger partial charge in [0.25, 0.3) is 0 Å². The first-order valence-corrected chi connectivity index (χ1v) is 6.21. The van der Waals surface area contributed by atoms with Gasteiger partial charge in [-0.2, -0.15) is 0 Å². The molecule has 3 atom stereocenters. The van der Waals surface area contributed by atoms with E-state index in [0.29, 0.717) is 11.8 Å². The van der Waals surface area contributed by atoms with Crippen LogP contribution in [0.3, 0.4) is 0 Å². The fourth-order valence-electron chi connectivity index (χ4n) is 2.85. The third-order valence-electron chi connectivity index (χ3n) is 3.80. The van der Waals surface area contributed by atoms with Crippen molar-refractivity contribution in [3.05, 3.63) is 0 Å². The van der Waals surface area contributed by atoms with Gasteiger partial charge in [-0.1, -0.05) is 13.3 Å². The Hall–Kier alpha value is -0.570. The quantitative estimate of drug-likeness (QED) is 0.710. The molecule has 86 valence electrons. The van der Waals surface area contributed by atoms with Crippen LogP contribution in [0.15, 0.2) is 0 Å². The molecule has 2 N–H and O–H groups in total. The van der Waals surface area contributed by atoms with Crippen molar-refractivity contribution in [1.82, 2.24) is 4.90 Å². The number of carbonyl (C=O) groups is 1. The van der Waals surface area contributed by atoms with Crippen LogP contribution in [0.2, 0.25) is 0 Å². The van der Waals surface area contributed by atoms with Crippen molar-refractivity contribution < 1.29 is 4.79 Å².